The van der Waals surface area contributed by atoms with E-state index in [1.807, 2.05) is 0 Å². The van der Waals surface area contributed by atoms with Crippen LogP contribution in [0.5, 0.6) is 0 Å². The molecule has 0 aliphatic carbocycles. The Hall–Kier alpha value is -6.50. The number of hydrogen-bond acceptors (Lipinski definition) is 0. The van der Waals surface area contributed by atoms with E-state index in [2.05, 4.69) is 220 Å². The van der Waals surface area contributed by atoms with Crippen LogP contribution in [-0.4, -0.2) is 0 Å². The van der Waals surface area contributed by atoms with Gasteiger partial charge in [-0.2, -0.15) is 0 Å². The van der Waals surface area contributed by atoms with Crippen molar-refractivity contribution in [2.45, 2.75) is 13.8 Å². The van der Waals surface area contributed by atoms with E-state index in [0.717, 1.165) is 0 Å². The second-order valence-electron chi connectivity index (χ2n) is 13.6. The molecule has 52 heavy (non-hydrogen) atoms. The highest BCUT2D eigenvalue weighted by atomic mass is 14.1. The van der Waals surface area contributed by atoms with Crippen molar-refractivity contribution in [2.75, 3.05) is 0 Å². The molecule has 0 amide bonds. The number of hydrogen-bond donors (Lipinski definition) is 0. The van der Waals surface area contributed by atoms with E-state index in [4.69, 9.17) is 0 Å². The predicted octanol–water partition coefficient (Wildman–Crippen LogP) is 14.6. The van der Waals surface area contributed by atoms with Crippen LogP contribution >= 0.6 is 0 Å². The maximum atomic E-state index is 2.31. The second kappa shape index (κ2) is 14.8. The summed E-state index contributed by atoms with van der Waals surface area (Å²) in [5.41, 5.74) is 15.2. The van der Waals surface area contributed by atoms with Crippen LogP contribution in [0.25, 0.3) is 77.2 Å². The van der Waals surface area contributed by atoms with E-state index in [1.54, 1.807) is 0 Å². The van der Waals surface area contributed by atoms with Crippen molar-refractivity contribution < 1.29 is 0 Å². The first-order chi connectivity index (χ1) is 25.6. The summed E-state index contributed by atoms with van der Waals surface area (Å²) >= 11 is 0. The number of aryl methyl sites for hydroxylation is 2. The van der Waals surface area contributed by atoms with E-state index in [9.17, 15) is 0 Å². The average Bonchev–Trinajstić information content (AvgIpc) is 3.21. The van der Waals surface area contributed by atoms with Gasteiger partial charge in [0.1, 0.15) is 0 Å². The molecule has 0 fully saturated rings. The third-order valence-corrected chi connectivity index (χ3v) is 9.75. The largest absolute Gasteiger partial charge is 0.0622 e. The molecule has 0 saturated heterocycles. The molecule has 0 heterocycles. The molecule has 9 aromatic rings. The van der Waals surface area contributed by atoms with Crippen molar-refractivity contribution in [1.29, 1.82) is 0 Å². The van der Waals surface area contributed by atoms with Gasteiger partial charge in [-0.3, -0.25) is 0 Å². The van der Waals surface area contributed by atoms with Gasteiger partial charge in [-0.25, -0.2) is 0 Å². The first-order valence-corrected chi connectivity index (χ1v) is 18.0. The molecule has 0 radical (unpaired) electrons. The molecule has 9 aromatic carbocycles. The van der Waals surface area contributed by atoms with Crippen molar-refractivity contribution in [3.63, 3.8) is 0 Å². The molecular weight excluding hydrogens is 625 g/mol. The lowest BCUT2D eigenvalue weighted by atomic mass is 9.94. The Morgan fingerprint density at radius 2 is 0.481 bits per heavy atom. The first-order valence-electron chi connectivity index (χ1n) is 18.0. The molecule has 0 heteroatoms. The smallest absolute Gasteiger partial charge is 0.0175 e. The van der Waals surface area contributed by atoms with Crippen LogP contribution in [-0.2, 0) is 0 Å². The summed E-state index contributed by atoms with van der Waals surface area (Å²) < 4.78 is 0. The number of rotatable bonds is 5. The molecule has 0 spiro atoms. The minimum absolute atomic E-state index is 1.25. The lowest BCUT2D eigenvalue weighted by Gasteiger charge is -2.10. The highest BCUT2D eigenvalue weighted by Crippen LogP contribution is 2.33. The molecule has 248 valence electrons. The first kappa shape index (κ1) is 32.7. The summed E-state index contributed by atoms with van der Waals surface area (Å²) in [5, 5.41) is 5.12. The van der Waals surface area contributed by atoms with Gasteiger partial charge in [0.2, 0.25) is 0 Å². The summed E-state index contributed by atoms with van der Waals surface area (Å²) in [6, 6.07) is 74.0. The van der Waals surface area contributed by atoms with Crippen LogP contribution in [0.15, 0.2) is 206 Å². The van der Waals surface area contributed by atoms with Crippen molar-refractivity contribution >= 4 is 21.5 Å². The molecule has 0 N–H and O–H groups in total. The van der Waals surface area contributed by atoms with Gasteiger partial charge in [0.05, 0.1) is 0 Å². The quantitative estimate of drug-likeness (QED) is 0.172. The van der Waals surface area contributed by atoms with Gasteiger partial charge in [-0.05, 0) is 126 Å². The van der Waals surface area contributed by atoms with Crippen molar-refractivity contribution in [3.8, 4) is 55.6 Å². The van der Waals surface area contributed by atoms with E-state index >= 15 is 0 Å². The summed E-state index contributed by atoms with van der Waals surface area (Å²) in [6.45, 7) is 4.34. The minimum atomic E-state index is 1.25. The zero-order valence-corrected chi connectivity index (χ0v) is 29.6. The topological polar surface area (TPSA) is 0 Å². The Morgan fingerprint density at radius 3 is 0.904 bits per heavy atom. The standard InChI is InChI=1S/C27H20.C25H20/c1-19-14-26(24-12-10-20-6-2-4-8-22(20)16-24)18-27(15-19)25-13-11-21-7-3-5-9-23(21)17-25;1-19-16-24(21-10-6-3-7-11-21)18-25(17-19)23-14-12-22(13-15-23)20-8-4-2-5-9-20/h2-18H,1H3;2-18H,1H3. The molecule has 0 saturated carbocycles. The third kappa shape index (κ3) is 7.33. The number of benzene rings is 9. The Labute approximate surface area is 307 Å². The molecule has 0 unspecified atom stereocenters. The van der Waals surface area contributed by atoms with E-state index in [0.29, 0.717) is 0 Å². The monoisotopic (exact) mass is 664 g/mol. The van der Waals surface area contributed by atoms with Gasteiger partial charge < -0.3 is 0 Å². The zero-order chi connectivity index (χ0) is 35.3. The lowest BCUT2D eigenvalue weighted by molar-refractivity contribution is 1.46. The van der Waals surface area contributed by atoms with Gasteiger partial charge in [-0.15, -0.1) is 0 Å². The van der Waals surface area contributed by atoms with E-state index < -0.39 is 0 Å². The highest BCUT2D eigenvalue weighted by Gasteiger charge is 2.07. The third-order valence-electron chi connectivity index (χ3n) is 9.75. The predicted molar refractivity (Wildman–Crippen MR) is 225 cm³/mol. The van der Waals surface area contributed by atoms with Gasteiger partial charge >= 0.3 is 0 Å². The van der Waals surface area contributed by atoms with Crippen LogP contribution in [0.4, 0.5) is 0 Å². The van der Waals surface area contributed by atoms with Gasteiger partial charge in [-0.1, -0.05) is 182 Å². The molecule has 0 bridgehead atoms. The highest BCUT2D eigenvalue weighted by molar-refractivity contribution is 5.90. The summed E-state index contributed by atoms with van der Waals surface area (Å²) in [5.74, 6) is 0. The van der Waals surface area contributed by atoms with E-state index in [-0.39, 0.29) is 0 Å². The summed E-state index contributed by atoms with van der Waals surface area (Å²) in [6.07, 6.45) is 0. The second-order valence-corrected chi connectivity index (χ2v) is 13.6. The van der Waals surface area contributed by atoms with Crippen LogP contribution < -0.4 is 0 Å². The van der Waals surface area contributed by atoms with Crippen molar-refractivity contribution in [2.24, 2.45) is 0 Å². The fourth-order valence-electron chi connectivity index (χ4n) is 7.09. The normalized spacial score (nSPS) is 10.9. The maximum absolute atomic E-state index is 2.31. The molecule has 0 aliphatic rings. The van der Waals surface area contributed by atoms with Crippen LogP contribution in [0.3, 0.4) is 0 Å². The SMILES string of the molecule is Cc1cc(-c2ccc3ccccc3c2)cc(-c2ccc3ccccc3c2)c1.Cc1cc(-c2ccccc2)cc(-c2ccc(-c3ccccc3)cc2)c1. The van der Waals surface area contributed by atoms with Crippen molar-refractivity contribution in [3.05, 3.63) is 217 Å². The van der Waals surface area contributed by atoms with Gasteiger partial charge in [0.25, 0.3) is 0 Å². The average molecular weight is 665 g/mol. The summed E-state index contributed by atoms with van der Waals surface area (Å²) in [4.78, 5) is 0. The van der Waals surface area contributed by atoms with Crippen LogP contribution in [0.1, 0.15) is 11.1 Å². The molecule has 0 aliphatic heterocycles. The molecular formula is C52H40. The number of fused-ring (bicyclic) bond motifs is 2. The van der Waals surface area contributed by atoms with Gasteiger partial charge in [0.15, 0.2) is 0 Å². The van der Waals surface area contributed by atoms with Crippen molar-refractivity contribution in [1.82, 2.24) is 0 Å². The Morgan fingerprint density at radius 1 is 0.192 bits per heavy atom. The lowest BCUT2D eigenvalue weighted by Crippen LogP contribution is -1.85. The van der Waals surface area contributed by atoms with E-state index in [1.165, 1.54) is 88.3 Å². The van der Waals surface area contributed by atoms with Gasteiger partial charge in [0, 0.05) is 0 Å². The molecule has 0 aromatic heterocycles. The summed E-state index contributed by atoms with van der Waals surface area (Å²) in [7, 11) is 0. The molecule has 0 nitrogen and oxygen atoms in total. The van der Waals surface area contributed by atoms with Crippen LogP contribution in [0, 0.1) is 13.8 Å². The fourth-order valence-corrected chi connectivity index (χ4v) is 7.09. The fraction of sp³-hybridized carbons (Fsp3) is 0.0385. The Balaban J connectivity index is 0.000000149. The molecule has 0 atom stereocenters. The minimum Gasteiger partial charge on any atom is -0.0622 e. The zero-order valence-electron chi connectivity index (χ0n) is 29.6. The maximum Gasteiger partial charge on any atom is -0.0175 e. The molecule has 9 rings (SSSR count). The Kier molecular flexibility index (Phi) is 9.29. The Bertz CT molecular complexity index is 2520. The van der Waals surface area contributed by atoms with Crippen LogP contribution in [0.2, 0.25) is 0 Å².